The second-order valence-electron chi connectivity index (χ2n) is 1.75. The van der Waals surface area contributed by atoms with Gasteiger partial charge in [0.05, 0.1) is 17.6 Å². The molecule has 0 aromatic rings. The van der Waals surface area contributed by atoms with Gasteiger partial charge in [-0.1, -0.05) is 13.0 Å². The monoisotopic (exact) mass is 145 g/mol. The average molecular weight is 145 g/mol. The van der Waals surface area contributed by atoms with Crippen LogP contribution in [0.15, 0.2) is 12.3 Å². The molecule has 0 aliphatic carbocycles. The van der Waals surface area contributed by atoms with Gasteiger partial charge in [0, 0.05) is 0 Å². The highest BCUT2D eigenvalue weighted by molar-refractivity contribution is 4.65. The van der Waals surface area contributed by atoms with E-state index in [0.717, 1.165) is 0 Å². The van der Waals surface area contributed by atoms with Crippen molar-refractivity contribution in [1.29, 1.82) is 0 Å². The van der Waals surface area contributed by atoms with Crippen LogP contribution in [0.1, 0.15) is 20.3 Å². The van der Waals surface area contributed by atoms with Crippen molar-refractivity contribution in [2.24, 2.45) is 0 Å². The molecule has 58 valence electrons. The second-order valence-corrected chi connectivity index (χ2v) is 1.75. The Bertz CT molecular complexity index is 133. The van der Waals surface area contributed by atoms with Gasteiger partial charge in [0.25, 0.3) is 0 Å². The zero-order chi connectivity index (χ0) is 7.98. The van der Waals surface area contributed by atoms with Gasteiger partial charge in [-0.15, -0.1) is 0 Å². The summed E-state index contributed by atoms with van der Waals surface area (Å²) in [7, 11) is 0. The summed E-state index contributed by atoms with van der Waals surface area (Å²) in [6.07, 6.45) is 2.44. The van der Waals surface area contributed by atoms with Gasteiger partial charge >= 0.3 is 6.23 Å². The summed E-state index contributed by atoms with van der Waals surface area (Å²) in [5, 5.41) is 10.1. The van der Waals surface area contributed by atoms with Crippen molar-refractivity contribution in [2.75, 3.05) is 0 Å². The van der Waals surface area contributed by atoms with Crippen LogP contribution in [0.3, 0.4) is 0 Å². The molecular formula is C6H11NO3. The summed E-state index contributed by atoms with van der Waals surface area (Å²) in [5.74, 6) is 0. The molecule has 0 heterocycles. The van der Waals surface area contributed by atoms with Crippen LogP contribution in [0.2, 0.25) is 0 Å². The Morgan fingerprint density at radius 1 is 1.80 bits per heavy atom. The first-order valence-electron chi connectivity index (χ1n) is 3.12. The molecule has 0 aromatic carbocycles. The molecule has 0 aliphatic heterocycles. The number of rotatable bonds is 4. The Labute approximate surface area is 59.6 Å². The highest BCUT2D eigenvalue weighted by Crippen LogP contribution is 1.98. The Balaban J connectivity index is 3.71. The van der Waals surface area contributed by atoms with E-state index in [2.05, 4.69) is 0 Å². The normalized spacial score (nSPS) is 13.4. The van der Waals surface area contributed by atoms with Crippen LogP contribution in [0, 0.1) is 10.1 Å². The molecule has 0 N–H and O–H groups in total. The lowest BCUT2D eigenvalue weighted by Gasteiger charge is -2.04. The van der Waals surface area contributed by atoms with Crippen molar-refractivity contribution >= 4 is 0 Å². The fourth-order valence-electron chi connectivity index (χ4n) is 0.464. The second kappa shape index (κ2) is 4.78. The smallest absolute Gasteiger partial charge is 0.352 e. The fraction of sp³-hybridized carbons (Fsp3) is 0.667. The third kappa shape index (κ3) is 3.06. The Kier molecular flexibility index (Phi) is 4.28. The van der Waals surface area contributed by atoms with E-state index in [9.17, 15) is 10.1 Å². The molecule has 1 atom stereocenters. The number of nitro groups is 1. The SMILES string of the molecule is C/C=C/OC(CC)[N+](=O)[O-]. The van der Waals surface area contributed by atoms with Crippen LogP contribution in [-0.4, -0.2) is 11.2 Å². The number of hydrogen-bond acceptors (Lipinski definition) is 3. The van der Waals surface area contributed by atoms with Crippen LogP contribution in [0.25, 0.3) is 0 Å². The van der Waals surface area contributed by atoms with Gasteiger partial charge in [0.1, 0.15) is 0 Å². The van der Waals surface area contributed by atoms with Gasteiger partial charge in [-0.05, 0) is 6.92 Å². The number of ether oxygens (including phenoxy) is 1. The molecule has 0 fully saturated rings. The summed E-state index contributed by atoms with van der Waals surface area (Å²) in [6.45, 7) is 3.45. The zero-order valence-electron chi connectivity index (χ0n) is 6.11. The molecule has 0 aliphatic rings. The standard InChI is InChI=1S/C6H11NO3/c1-3-5-10-6(4-2)7(8)9/h3,5-6H,4H2,1-2H3/b5-3+. The predicted molar refractivity (Wildman–Crippen MR) is 37.0 cm³/mol. The lowest BCUT2D eigenvalue weighted by Crippen LogP contribution is -2.19. The lowest BCUT2D eigenvalue weighted by atomic mass is 10.4. The highest BCUT2D eigenvalue weighted by Gasteiger charge is 2.15. The van der Waals surface area contributed by atoms with E-state index in [-0.39, 0.29) is 0 Å². The van der Waals surface area contributed by atoms with Crippen LogP contribution in [-0.2, 0) is 4.74 Å². The average Bonchev–Trinajstić information content (AvgIpc) is 1.89. The molecule has 0 bridgehead atoms. The van der Waals surface area contributed by atoms with Crippen LogP contribution in [0.4, 0.5) is 0 Å². The summed E-state index contributed by atoms with van der Waals surface area (Å²) < 4.78 is 4.72. The predicted octanol–water partition coefficient (Wildman–Crippen LogP) is 1.55. The summed E-state index contributed by atoms with van der Waals surface area (Å²) in [5.41, 5.74) is 0. The molecule has 0 rings (SSSR count). The van der Waals surface area contributed by atoms with Gasteiger partial charge in [-0.2, -0.15) is 0 Å². The number of nitrogens with zero attached hydrogens (tertiary/aromatic N) is 1. The maximum absolute atomic E-state index is 10.1. The lowest BCUT2D eigenvalue weighted by molar-refractivity contribution is -0.569. The molecule has 4 nitrogen and oxygen atoms in total. The first kappa shape index (κ1) is 8.94. The van der Waals surface area contributed by atoms with Crippen LogP contribution < -0.4 is 0 Å². The summed E-state index contributed by atoms with van der Waals surface area (Å²) in [4.78, 5) is 9.64. The molecule has 0 saturated carbocycles. The van der Waals surface area contributed by atoms with E-state index in [1.165, 1.54) is 6.26 Å². The molecule has 4 heteroatoms. The van der Waals surface area contributed by atoms with Crippen molar-refractivity contribution in [3.63, 3.8) is 0 Å². The first-order valence-corrected chi connectivity index (χ1v) is 3.12. The quantitative estimate of drug-likeness (QED) is 0.261. The van der Waals surface area contributed by atoms with Gasteiger partial charge in [-0.3, -0.25) is 10.1 Å². The largest absolute Gasteiger partial charge is 0.438 e. The Morgan fingerprint density at radius 2 is 2.40 bits per heavy atom. The molecule has 0 radical (unpaired) electrons. The van der Waals surface area contributed by atoms with Crippen molar-refractivity contribution in [3.05, 3.63) is 22.5 Å². The van der Waals surface area contributed by atoms with Gasteiger partial charge in [0.2, 0.25) is 0 Å². The molecule has 0 amide bonds. The van der Waals surface area contributed by atoms with Crippen molar-refractivity contribution in [2.45, 2.75) is 26.5 Å². The number of hydrogen-bond donors (Lipinski definition) is 0. The molecule has 1 unspecified atom stereocenters. The summed E-state index contributed by atoms with van der Waals surface area (Å²) in [6, 6.07) is 0. The van der Waals surface area contributed by atoms with Gasteiger partial charge < -0.3 is 4.74 Å². The third-order valence-corrected chi connectivity index (χ3v) is 0.956. The van der Waals surface area contributed by atoms with E-state index in [1.807, 2.05) is 0 Å². The van der Waals surface area contributed by atoms with E-state index >= 15 is 0 Å². The minimum atomic E-state index is -0.892. The Hall–Kier alpha value is -1.06. The van der Waals surface area contributed by atoms with Gasteiger partial charge in [0.15, 0.2) is 0 Å². The summed E-state index contributed by atoms with van der Waals surface area (Å²) >= 11 is 0. The maximum Gasteiger partial charge on any atom is 0.352 e. The number of allylic oxidation sites excluding steroid dienone is 1. The fourth-order valence-corrected chi connectivity index (χ4v) is 0.464. The molecule has 0 aromatic heterocycles. The minimum Gasteiger partial charge on any atom is -0.438 e. The topological polar surface area (TPSA) is 52.4 Å². The molecule has 0 spiro atoms. The van der Waals surface area contributed by atoms with E-state index in [1.54, 1.807) is 19.9 Å². The van der Waals surface area contributed by atoms with Crippen molar-refractivity contribution in [3.8, 4) is 0 Å². The van der Waals surface area contributed by atoms with Gasteiger partial charge in [-0.25, -0.2) is 0 Å². The highest BCUT2D eigenvalue weighted by atomic mass is 16.7. The van der Waals surface area contributed by atoms with Crippen molar-refractivity contribution in [1.82, 2.24) is 0 Å². The van der Waals surface area contributed by atoms with Crippen molar-refractivity contribution < 1.29 is 9.66 Å². The third-order valence-electron chi connectivity index (χ3n) is 0.956. The molecule has 0 saturated heterocycles. The molecular weight excluding hydrogens is 134 g/mol. The van der Waals surface area contributed by atoms with E-state index < -0.39 is 11.2 Å². The zero-order valence-corrected chi connectivity index (χ0v) is 6.11. The molecule has 10 heavy (non-hydrogen) atoms. The minimum absolute atomic E-state index is 0.386. The van der Waals surface area contributed by atoms with Crippen LogP contribution in [0.5, 0.6) is 0 Å². The van der Waals surface area contributed by atoms with E-state index in [4.69, 9.17) is 4.74 Å². The van der Waals surface area contributed by atoms with Crippen LogP contribution >= 0.6 is 0 Å². The first-order chi connectivity index (χ1) is 4.72. The van der Waals surface area contributed by atoms with E-state index in [0.29, 0.717) is 6.42 Å². The Morgan fingerprint density at radius 3 is 2.70 bits per heavy atom. The maximum atomic E-state index is 10.1.